The highest BCUT2D eigenvalue weighted by molar-refractivity contribution is 14.0. The van der Waals surface area contributed by atoms with Gasteiger partial charge in [0, 0.05) is 6.04 Å². The van der Waals surface area contributed by atoms with Crippen LogP contribution in [0.15, 0.2) is 16.6 Å². The Labute approximate surface area is 126 Å². The van der Waals surface area contributed by atoms with Crippen molar-refractivity contribution in [3.63, 3.8) is 0 Å². The number of rotatable bonds is 3. The Bertz CT molecular complexity index is 299. The first-order valence-corrected chi connectivity index (χ1v) is 6.67. The number of ether oxygens (including phenoxy) is 1. The minimum absolute atomic E-state index is 0. The Kier molecular flexibility index (Phi) is 7.65. The van der Waals surface area contributed by atoms with Crippen LogP contribution in [0, 0.1) is 0 Å². The first kappa shape index (κ1) is 15.8. The van der Waals surface area contributed by atoms with E-state index in [0.717, 1.165) is 13.0 Å². The third-order valence-electron chi connectivity index (χ3n) is 3.39. The summed E-state index contributed by atoms with van der Waals surface area (Å²) in [6, 6.07) is 0.532. The van der Waals surface area contributed by atoms with Gasteiger partial charge >= 0.3 is 0 Å². The van der Waals surface area contributed by atoms with Gasteiger partial charge in [0.25, 0.3) is 0 Å². The first-order valence-electron chi connectivity index (χ1n) is 6.67. The van der Waals surface area contributed by atoms with Gasteiger partial charge in [0.2, 0.25) is 0 Å². The summed E-state index contributed by atoms with van der Waals surface area (Å²) in [5, 5.41) is 3.32. The molecule has 0 aromatic rings. The molecule has 2 rings (SSSR count). The predicted octanol–water partition coefficient (Wildman–Crippen LogP) is 2.19. The summed E-state index contributed by atoms with van der Waals surface area (Å²) < 4.78 is 5.37. The highest BCUT2D eigenvalue weighted by Gasteiger charge is 2.13. The Hall–Kier alpha value is -0.300. The molecule has 18 heavy (non-hydrogen) atoms. The van der Waals surface area contributed by atoms with Gasteiger partial charge in [0.1, 0.15) is 0 Å². The largest absolute Gasteiger partial charge is 0.377 e. The molecule has 0 radical (unpaired) electrons. The molecule has 3 N–H and O–H groups in total. The van der Waals surface area contributed by atoms with Crippen LogP contribution in [0.2, 0.25) is 0 Å². The Morgan fingerprint density at radius 2 is 2.17 bits per heavy atom. The van der Waals surface area contributed by atoms with Crippen LogP contribution in [-0.2, 0) is 4.74 Å². The smallest absolute Gasteiger partial charge is 0.189 e. The molecule has 2 aliphatic rings. The minimum Gasteiger partial charge on any atom is -0.377 e. The molecule has 5 heteroatoms. The Balaban J connectivity index is 0.00000162. The third kappa shape index (κ3) is 5.56. The summed E-state index contributed by atoms with van der Waals surface area (Å²) in [7, 11) is 0. The average molecular weight is 365 g/mol. The maximum Gasteiger partial charge on any atom is 0.189 e. The lowest BCUT2D eigenvalue weighted by molar-refractivity contribution is 0.150. The van der Waals surface area contributed by atoms with E-state index in [2.05, 4.69) is 16.4 Å². The van der Waals surface area contributed by atoms with Crippen molar-refractivity contribution in [2.24, 2.45) is 10.7 Å². The summed E-state index contributed by atoms with van der Waals surface area (Å²) >= 11 is 0. The normalized spacial score (nSPS) is 22.0. The summed E-state index contributed by atoms with van der Waals surface area (Å²) in [4.78, 5) is 4.38. The van der Waals surface area contributed by atoms with Gasteiger partial charge in [-0.2, -0.15) is 0 Å². The summed E-state index contributed by atoms with van der Waals surface area (Å²) in [5.74, 6) is 0.586. The number of nitrogens with one attached hydrogen (secondary N) is 1. The second-order valence-corrected chi connectivity index (χ2v) is 4.88. The quantitative estimate of drug-likeness (QED) is 0.349. The van der Waals surface area contributed by atoms with Gasteiger partial charge in [-0.3, -0.25) is 0 Å². The number of aliphatic imine (C=N–C) groups is 1. The van der Waals surface area contributed by atoms with Gasteiger partial charge in [-0.05, 0) is 24.8 Å². The molecule has 4 nitrogen and oxygen atoms in total. The number of hydrogen-bond acceptors (Lipinski definition) is 2. The molecule has 0 amide bonds. The van der Waals surface area contributed by atoms with Crippen molar-refractivity contribution in [2.45, 2.75) is 44.6 Å². The van der Waals surface area contributed by atoms with E-state index in [1.54, 1.807) is 0 Å². The van der Waals surface area contributed by atoms with Gasteiger partial charge in [0.15, 0.2) is 5.96 Å². The second-order valence-electron chi connectivity index (χ2n) is 4.88. The van der Waals surface area contributed by atoms with Gasteiger partial charge in [-0.25, -0.2) is 4.99 Å². The van der Waals surface area contributed by atoms with Crippen molar-refractivity contribution >= 4 is 29.9 Å². The number of guanidine groups is 1. The van der Waals surface area contributed by atoms with E-state index in [1.165, 1.54) is 37.7 Å². The summed E-state index contributed by atoms with van der Waals surface area (Å²) in [5.41, 5.74) is 7.13. The number of hydrogen-bond donors (Lipinski definition) is 2. The van der Waals surface area contributed by atoms with Crippen LogP contribution in [0.25, 0.3) is 0 Å². The van der Waals surface area contributed by atoms with Crippen LogP contribution in [0.1, 0.15) is 38.5 Å². The van der Waals surface area contributed by atoms with Crippen LogP contribution in [0.4, 0.5) is 0 Å². The molecule has 1 aliphatic heterocycles. The standard InChI is InChI=1S/C13H23N3O.HI/c14-13(16-12-6-2-1-3-7-12)15-9-11-5-4-8-17-10-11;/h5,12H,1-4,6-10H2,(H3,14,15,16);1H. The molecular formula is C13H24IN3O. The molecule has 0 aromatic heterocycles. The zero-order chi connectivity index (χ0) is 11.9. The Morgan fingerprint density at radius 1 is 1.39 bits per heavy atom. The molecule has 104 valence electrons. The van der Waals surface area contributed by atoms with Crippen molar-refractivity contribution in [3.8, 4) is 0 Å². The number of nitrogens with two attached hydrogens (primary N) is 1. The molecular weight excluding hydrogens is 341 g/mol. The predicted molar refractivity (Wildman–Crippen MR) is 85.4 cm³/mol. The topological polar surface area (TPSA) is 59.6 Å². The van der Waals surface area contributed by atoms with Gasteiger partial charge in [-0.15, -0.1) is 24.0 Å². The molecule has 1 heterocycles. The minimum atomic E-state index is 0. The average Bonchev–Trinajstić information content (AvgIpc) is 2.39. The zero-order valence-electron chi connectivity index (χ0n) is 10.9. The van der Waals surface area contributed by atoms with Gasteiger partial charge in [0.05, 0.1) is 19.8 Å². The fraction of sp³-hybridized carbons (Fsp3) is 0.769. The summed E-state index contributed by atoms with van der Waals surface area (Å²) in [6.07, 6.45) is 9.64. The number of halogens is 1. The lowest BCUT2D eigenvalue weighted by Gasteiger charge is -2.23. The van der Waals surface area contributed by atoms with E-state index in [1.807, 2.05) is 0 Å². The first-order chi connectivity index (χ1) is 8.34. The molecule has 1 aliphatic carbocycles. The molecule has 0 bridgehead atoms. The lowest BCUT2D eigenvalue weighted by atomic mass is 9.96. The Morgan fingerprint density at radius 3 is 2.83 bits per heavy atom. The SMILES string of the molecule is I.NC(=NCC1=CCCOC1)NC1CCCCC1. The molecule has 1 fully saturated rings. The van der Waals surface area contributed by atoms with Crippen LogP contribution >= 0.6 is 24.0 Å². The maximum absolute atomic E-state index is 5.89. The van der Waals surface area contributed by atoms with E-state index in [9.17, 15) is 0 Å². The van der Waals surface area contributed by atoms with Gasteiger partial charge < -0.3 is 15.8 Å². The molecule has 0 aromatic carbocycles. The molecule has 1 saturated carbocycles. The molecule has 0 saturated heterocycles. The summed E-state index contributed by atoms with van der Waals surface area (Å²) in [6.45, 7) is 2.22. The molecule has 0 unspecified atom stereocenters. The van der Waals surface area contributed by atoms with Crippen molar-refractivity contribution < 1.29 is 4.74 Å². The lowest BCUT2D eigenvalue weighted by Crippen LogP contribution is -2.41. The van der Waals surface area contributed by atoms with Crippen molar-refractivity contribution in [1.82, 2.24) is 5.32 Å². The zero-order valence-corrected chi connectivity index (χ0v) is 13.2. The monoisotopic (exact) mass is 365 g/mol. The van der Waals surface area contributed by atoms with Crippen molar-refractivity contribution in [2.75, 3.05) is 19.8 Å². The van der Waals surface area contributed by atoms with E-state index in [-0.39, 0.29) is 24.0 Å². The highest BCUT2D eigenvalue weighted by Crippen LogP contribution is 2.17. The van der Waals surface area contributed by atoms with Gasteiger partial charge in [-0.1, -0.05) is 25.3 Å². The maximum atomic E-state index is 5.89. The van der Waals surface area contributed by atoms with E-state index in [4.69, 9.17) is 10.5 Å². The second kappa shape index (κ2) is 8.74. The van der Waals surface area contributed by atoms with Crippen molar-refractivity contribution in [3.05, 3.63) is 11.6 Å². The third-order valence-corrected chi connectivity index (χ3v) is 3.39. The highest BCUT2D eigenvalue weighted by atomic mass is 127. The molecule has 0 spiro atoms. The van der Waals surface area contributed by atoms with E-state index in [0.29, 0.717) is 25.2 Å². The van der Waals surface area contributed by atoms with E-state index < -0.39 is 0 Å². The van der Waals surface area contributed by atoms with E-state index >= 15 is 0 Å². The fourth-order valence-corrected chi connectivity index (χ4v) is 2.41. The van der Waals surface area contributed by atoms with Crippen molar-refractivity contribution in [1.29, 1.82) is 0 Å². The van der Waals surface area contributed by atoms with Crippen LogP contribution in [0.3, 0.4) is 0 Å². The van der Waals surface area contributed by atoms with Crippen LogP contribution in [0.5, 0.6) is 0 Å². The van der Waals surface area contributed by atoms with Crippen LogP contribution < -0.4 is 11.1 Å². The number of nitrogens with zero attached hydrogens (tertiary/aromatic N) is 1. The molecule has 0 atom stereocenters. The van der Waals surface area contributed by atoms with Crippen LogP contribution in [-0.4, -0.2) is 31.8 Å². The fourth-order valence-electron chi connectivity index (χ4n) is 2.41.